The minimum Gasteiger partial charge on any atom is -0.269 e. The molecule has 4 rings (SSSR count). The predicted molar refractivity (Wildman–Crippen MR) is 99.1 cm³/mol. The van der Waals surface area contributed by atoms with Gasteiger partial charge in [0.15, 0.2) is 0 Å². The van der Waals surface area contributed by atoms with Crippen LogP contribution in [0, 0.1) is 0 Å². The number of benzene rings is 1. The number of rotatable bonds is 3. The minimum atomic E-state index is -0.506. The van der Waals surface area contributed by atoms with E-state index >= 15 is 0 Å². The molecule has 0 aromatic heterocycles. The van der Waals surface area contributed by atoms with E-state index in [-0.39, 0.29) is 23.6 Å². The standard InChI is InChI=1S/C21H14N2O4/c1-13-12-15(4-7-17(13)23-20(26)10-11-21(23)27)14-2-5-16(6-3-14)22-18(24)8-9-19(22)25/h2-12,17H,1H2. The summed E-state index contributed by atoms with van der Waals surface area (Å²) < 4.78 is 0. The summed E-state index contributed by atoms with van der Waals surface area (Å²) in [5.74, 6) is -1.44. The van der Waals surface area contributed by atoms with Crippen LogP contribution in [0.5, 0.6) is 0 Å². The molecule has 1 atom stereocenters. The Hall–Kier alpha value is -3.80. The lowest BCUT2D eigenvalue weighted by atomic mass is 9.93. The topological polar surface area (TPSA) is 74.8 Å². The van der Waals surface area contributed by atoms with E-state index in [1.165, 1.54) is 24.3 Å². The Kier molecular flexibility index (Phi) is 3.81. The van der Waals surface area contributed by atoms with Crippen molar-refractivity contribution in [1.82, 2.24) is 4.90 Å². The van der Waals surface area contributed by atoms with Crippen molar-refractivity contribution < 1.29 is 19.2 Å². The van der Waals surface area contributed by atoms with Crippen LogP contribution in [-0.4, -0.2) is 34.6 Å². The fourth-order valence-corrected chi connectivity index (χ4v) is 3.23. The van der Waals surface area contributed by atoms with Crippen LogP contribution >= 0.6 is 0 Å². The molecule has 0 bridgehead atoms. The largest absolute Gasteiger partial charge is 0.269 e. The third kappa shape index (κ3) is 2.77. The van der Waals surface area contributed by atoms with Gasteiger partial charge in [0.05, 0.1) is 11.7 Å². The van der Waals surface area contributed by atoms with E-state index in [9.17, 15) is 19.2 Å². The van der Waals surface area contributed by atoms with Gasteiger partial charge in [0.2, 0.25) is 0 Å². The highest BCUT2D eigenvalue weighted by atomic mass is 16.2. The Balaban J connectivity index is 1.54. The van der Waals surface area contributed by atoms with Crippen LogP contribution in [0.3, 0.4) is 0 Å². The first kappa shape index (κ1) is 16.7. The molecule has 1 aromatic rings. The Bertz CT molecular complexity index is 989. The smallest absolute Gasteiger partial charge is 0.258 e. The van der Waals surface area contributed by atoms with E-state index in [2.05, 4.69) is 6.58 Å². The Morgan fingerprint density at radius 1 is 0.741 bits per heavy atom. The number of carbonyl (C=O) groups is 4. The lowest BCUT2D eigenvalue weighted by molar-refractivity contribution is -0.137. The van der Waals surface area contributed by atoms with Crippen molar-refractivity contribution in [1.29, 1.82) is 0 Å². The van der Waals surface area contributed by atoms with Gasteiger partial charge in [-0.2, -0.15) is 0 Å². The molecule has 1 aromatic carbocycles. The Labute approximate surface area is 155 Å². The normalized spacial score (nSPS) is 21.7. The van der Waals surface area contributed by atoms with Crippen molar-refractivity contribution in [3.05, 3.63) is 84.5 Å². The maximum absolute atomic E-state index is 11.9. The quantitative estimate of drug-likeness (QED) is 0.774. The Morgan fingerprint density at radius 3 is 1.85 bits per heavy atom. The maximum atomic E-state index is 11.9. The average Bonchev–Trinajstić information content (AvgIpc) is 3.17. The van der Waals surface area contributed by atoms with Crippen LogP contribution in [0.15, 0.2) is 78.9 Å². The molecule has 27 heavy (non-hydrogen) atoms. The van der Waals surface area contributed by atoms with Crippen LogP contribution in [0.4, 0.5) is 5.69 Å². The van der Waals surface area contributed by atoms with Crippen molar-refractivity contribution >= 4 is 34.9 Å². The van der Waals surface area contributed by atoms with E-state index in [0.717, 1.165) is 20.9 Å². The number of carbonyl (C=O) groups excluding carboxylic acids is 4. The summed E-state index contributed by atoms with van der Waals surface area (Å²) in [6.07, 6.45) is 10.4. The molecule has 2 aliphatic heterocycles. The van der Waals surface area contributed by atoms with E-state index in [4.69, 9.17) is 0 Å². The van der Waals surface area contributed by atoms with Crippen LogP contribution in [0.25, 0.3) is 5.57 Å². The zero-order chi connectivity index (χ0) is 19.1. The van der Waals surface area contributed by atoms with E-state index in [1.807, 2.05) is 12.2 Å². The van der Waals surface area contributed by atoms with E-state index in [0.29, 0.717) is 11.3 Å². The number of allylic oxidation sites excluding steroid dienone is 2. The zero-order valence-electron chi connectivity index (χ0n) is 14.2. The van der Waals surface area contributed by atoms with Gasteiger partial charge < -0.3 is 0 Å². The van der Waals surface area contributed by atoms with Gasteiger partial charge >= 0.3 is 0 Å². The third-order valence-corrected chi connectivity index (χ3v) is 4.57. The number of imide groups is 2. The van der Waals surface area contributed by atoms with Gasteiger partial charge in [-0.25, -0.2) is 4.90 Å². The van der Waals surface area contributed by atoms with Crippen LogP contribution in [-0.2, 0) is 19.2 Å². The molecule has 1 unspecified atom stereocenters. The fourth-order valence-electron chi connectivity index (χ4n) is 3.23. The molecule has 0 spiro atoms. The van der Waals surface area contributed by atoms with Crippen molar-refractivity contribution in [2.75, 3.05) is 4.90 Å². The van der Waals surface area contributed by atoms with Crippen molar-refractivity contribution in [3.8, 4) is 0 Å². The second-order valence-corrected chi connectivity index (χ2v) is 6.25. The predicted octanol–water partition coefficient (Wildman–Crippen LogP) is 1.92. The SMILES string of the molecule is C=C1C=C(c2ccc(N3C(=O)C=CC3=O)cc2)C=CC1N1C(=O)C=CC1=O. The maximum Gasteiger partial charge on any atom is 0.258 e. The summed E-state index contributed by atoms with van der Waals surface area (Å²) in [5.41, 5.74) is 2.83. The number of nitrogens with zero attached hydrogens (tertiary/aromatic N) is 2. The van der Waals surface area contributed by atoms with Gasteiger partial charge in [-0.15, -0.1) is 0 Å². The third-order valence-electron chi connectivity index (χ3n) is 4.57. The molecule has 6 heteroatoms. The molecule has 3 aliphatic rings. The first-order valence-corrected chi connectivity index (χ1v) is 8.26. The summed E-state index contributed by atoms with van der Waals surface area (Å²) in [6.45, 7) is 3.98. The molecule has 0 N–H and O–H groups in total. The van der Waals surface area contributed by atoms with Crippen molar-refractivity contribution in [2.45, 2.75) is 6.04 Å². The van der Waals surface area contributed by atoms with Gasteiger partial charge in [0.1, 0.15) is 0 Å². The highest BCUT2D eigenvalue weighted by molar-refractivity contribution is 6.28. The summed E-state index contributed by atoms with van der Waals surface area (Å²) in [7, 11) is 0. The number of hydrogen-bond acceptors (Lipinski definition) is 4. The number of amides is 4. The molecule has 0 fully saturated rings. The molecular formula is C21H14N2O4. The molecule has 1 aliphatic carbocycles. The minimum absolute atomic E-state index is 0.356. The fraction of sp³-hybridized carbons (Fsp3) is 0.0476. The molecule has 4 amide bonds. The highest BCUT2D eigenvalue weighted by Gasteiger charge is 2.32. The van der Waals surface area contributed by atoms with Crippen molar-refractivity contribution in [2.24, 2.45) is 0 Å². The summed E-state index contributed by atoms with van der Waals surface area (Å²) in [5, 5.41) is 0. The number of hydrogen-bond donors (Lipinski definition) is 0. The lowest BCUT2D eigenvalue weighted by Crippen LogP contribution is -2.40. The second kappa shape index (κ2) is 6.17. The lowest BCUT2D eigenvalue weighted by Gasteiger charge is -2.27. The molecule has 132 valence electrons. The summed E-state index contributed by atoms with van der Waals surface area (Å²) in [4.78, 5) is 49.5. The van der Waals surface area contributed by atoms with Crippen molar-refractivity contribution in [3.63, 3.8) is 0 Å². The van der Waals surface area contributed by atoms with Crippen LogP contribution in [0.2, 0.25) is 0 Å². The molecular weight excluding hydrogens is 344 g/mol. The summed E-state index contributed by atoms with van der Waals surface area (Å²) >= 11 is 0. The van der Waals surface area contributed by atoms with Crippen LogP contribution in [0.1, 0.15) is 5.56 Å². The van der Waals surface area contributed by atoms with E-state index in [1.54, 1.807) is 30.3 Å². The molecule has 6 nitrogen and oxygen atoms in total. The number of anilines is 1. The highest BCUT2D eigenvalue weighted by Crippen LogP contribution is 2.29. The first-order valence-electron chi connectivity index (χ1n) is 8.26. The summed E-state index contributed by atoms with van der Waals surface area (Å²) in [6, 6.07) is 6.48. The molecule has 0 saturated heterocycles. The van der Waals surface area contributed by atoms with Gasteiger partial charge in [-0.3, -0.25) is 24.1 Å². The molecule has 2 heterocycles. The van der Waals surface area contributed by atoms with Gasteiger partial charge in [-0.05, 0) is 34.9 Å². The van der Waals surface area contributed by atoms with Gasteiger partial charge in [-0.1, -0.05) is 30.9 Å². The van der Waals surface area contributed by atoms with Gasteiger partial charge in [0.25, 0.3) is 23.6 Å². The monoisotopic (exact) mass is 358 g/mol. The van der Waals surface area contributed by atoms with E-state index < -0.39 is 6.04 Å². The average molecular weight is 358 g/mol. The molecule has 0 radical (unpaired) electrons. The zero-order valence-corrected chi connectivity index (χ0v) is 14.2. The first-order chi connectivity index (χ1) is 13.0. The van der Waals surface area contributed by atoms with Gasteiger partial charge in [0, 0.05) is 24.3 Å². The molecule has 0 saturated carbocycles. The van der Waals surface area contributed by atoms with Crippen LogP contribution < -0.4 is 4.90 Å². The second-order valence-electron chi connectivity index (χ2n) is 6.25. The Morgan fingerprint density at radius 2 is 1.30 bits per heavy atom.